The molecule has 27 heavy (non-hydrogen) atoms. The smallest absolute Gasteiger partial charge is 0.341 e. The standard InChI is InChI=1S/C20H20FNO4S/c1-13-9-10-22(17-5-3-4-6-18(17)27-13)19(23)12-26-20(24)15-8-7-14(25-2)11-16(15)21/h3-8,11,13H,9-10,12H2,1-2H3/t13-/m1/s1. The van der Waals surface area contributed by atoms with Gasteiger partial charge in [-0.15, -0.1) is 11.8 Å². The summed E-state index contributed by atoms with van der Waals surface area (Å²) < 4.78 is 24.0. The van der Waals surface area contributed by atoms with E-state index >= 15 is 0 Å². The minimum atomic E-state index is -0.880. The molecule has 0 unspecified atom stereocenters. The molecule has 1 aliphatic heterocycles. The molecule has 0 fully saturated rings. The highest BCUT2D eigenvalue weighted by Gasteiger charge is 2.25. The summed E-state index contributed by atoms with van der Waals surface area (Å²) in [5.41, 5.74) is 0.576. The molecule has 0 saturated heterocycles. The summed E-state index contributed by atoms with van der Waals surface area (Å²) in [7, 11) is 1.41. The van der Waals surface area contributed by atoms with Crippen LogP contribution in [0.3, 0.4) is 0 Å². The normalized spacial score (nSPS) is 16.3. The van der Waals surface area contributed by atoms with Gasteiger partial charge in [-0.05, 0) is 30.7 Å². The van der Waals surface area contributed by atoms with Crippen LogP contribution in [0.1, 0.15) is 23.7 Å². The Balaban J connectivity index is 1.70. The van der Waals surface area contributed by atoms with E-state index in [0.717, 1.165) is 23.1 Å². The maximum atomic E-state index is 14.0. The largest absolute Gasteiger partial charge is 0.497 e. The highest BCUT2D eigenvalue weighted by molar-refractivity contribution is 8.00. The van der Waals surface area contributed by atoms with Crippen molar-refractivity contribution in [2.75, 3.05) is 25.2 Å². The van der Waals surface area contributed by atoms with Crippen LogP contribution in [0.2, 0.25) is 0 Å². The summed E-state index contributed by atoms with van der Waals surface area (Å²) in [6.45, 7) is 2.21. The van der Waals surface area contributed by atoms with E-state index in [2.05, 4.69) is 6.92 Å². The number of hydrogen-bond acceptors (Lipinski definition) is 5. The van der Waals surface area contributed by atoms with E-state index in [1.807, 2.05) is 24.3 Å². The SMILES string of the molecule is COc1ccc(C(=O)OCC(=O)N2CC[C@@H](C)Sc3ccccc32)c(F)c1. The van der Waals surface area contributed by atoms with Gasteiger partial charge in [0, 0.05) is 22.8 Å². The molecule has 0 radical (unpaired) electrons. The Morgan fingerprint density at radius 2 is 2.04 bits per heavy atom. The van der Waals surface area contributed by atoms with Crippen LogP contribution in [0.25, 0.3) is 0 Å². The molecule has 1 aliphatic rings. The van der Waals surface area contributed by atoms with Gasteiger partial charge in [-0.3, -0.25) is 4.79 Å². The van der Waals surface area contributed by atoms with Crippen molar-refractivity contribution in [3.63, 3.8) is 0 Å². The molecule has 1 heterocycles. The van der Waals surface area contributed by atoms with Gasteiger partial charge in [-0.25, -0.2) is 9.18 Å². The van der Waals surface area contributed by atoms with Gasteiger partial charge in [0.05, 0.1) is 18.4 Å². The highest BCUT2D eigenvalue weighted by Crippen LogP contribution is 2.37. The fourth-order valence-electron chi connectivity index (χ4n) is 2.82. The second-order valence-electron chi connectivity index (χ2n) is 6.15. The fraction of sp³-hybridized carbons (Fsp3) is 0.300. The molecule has 1 amide bonds. The molecular weight excluding hydrogens is 369 g/mol. The number of benzene rings is 2. The van der Waals surface area contributed by atoms with Crippen LogP contribution in [-0.2, 0) is 9.53 Å². The van der Waals surface area contributed by atoms with Crippen molar-refractivity contribution in [2.45, 2.75) is 23.5 Å². The summed E-state index contributed by atoms with van der Waals surface area (Å²) in [5.74, 6) is -1.67. The van der Waals surface area contributed by atoms with Crippen LogP contribution in [0.15, 0.2) is 47.4 Å². The molecule has 1 atom stereocenters. The number of nitrogens with zero attached hydrogens (tertiary/aromatic N) is 1. The fourth-order valence-corrected chi connectivity index (χ4v) is 3.93. The summed E-state index contributed by atoms with van der Waals surface area (Å²) in [5, 5.41) is 0.375. The zero-order valence-corrected chi connectivity index (χ0v) is 15.9. The first-order valence-electron chi connectivity index (χ1n) is 8.56. The Bertz CT molecular complexity index is 858. The number of anilines is 1. The molecule has 5 nitrogen and oxygen atoms in total. The number of ether oxygens (including phenoxy) is 2. The van der Waals surface area contributed by atoms with E-state index in [0.29, 0.717) is 17.5 Å². The van der Waals surface area contributed by atoms with E-state index in [9.17, 15) is 14.0 Å². The number of amides is 1. The van der Waals surface area contributed by atoms with Crippen molar-refractivity contribution >= 4 is 29.3 Å². The van der Waals surface area contributed by atoms with Crippen LogP contribution in [0, 0.1) is 5.82 Å². The van der Waals surface area contributed by atoms with E-state index in [1.165, 1.54) is 19.2 Å². The zero-order valence-electron chi connectivity index (χ0n) is 15.1. The van der Waals surface area contributed by atoms with Crippen LogP contribution in [0.5, 0.6) is 5.75 Å². The monoisotopic (exact) mass is 389 g/mol. The summed E-state index contributed by atoms with van der Waals surface area (Å²) in [6, 6.07) is 11.5. The lowest BCUT2D eigenvalue weighted by molar-refractivity contribution is -0.121. The number of rotatable bonds is 4. The molecule has 0 bridgehead atoms. The number of halogens is 1. The molecule has 0 saturated carbocycles. The Morgan fingerprint density at radius 1 is 1.26 bits per heavy atom. The topological polar surface area (TPSA) is 55.8 Å². The van der Waals surface area contributed by atoms with Crippen molar-refractivity contribution < 1.29 is 23.5 Å². The van der Waals surface area contributed by atoms with Gasteiger partial charge in [-0.2, -0.15) is 0 Å². The Labute approximate surface area is 161 Å². The second kappa shape index (κ2) is 8.43. The lowest BCUT2D eigenvalue weighted by Gasteiger charge is -2.22. The molecule has 142 valence electrons. The number of hydrogen-bond donors (Lipinski definition) is 0. The summed E-state index contributed by atoms with van der Waals surface area (Å²) in [6.07, 6.45) is 0.826. The maximum Gasteiger partial charge on any atom is 0.341 e. The third kappa shape index (κ3) is 4.42. The number of methoxy groups -OCH3 is 1. The molecule has 0 spiro atoms. The summed E-state index contributed by atoms with van der Waals surface area (Å²) in [4.78, 5) is 27.5. The second-order valence-corrected chi connectivity index (χ2v) is 7.63. The van der Waals surface area contributed by atoms with Crippen molar-refractivity contribution in [1.29, 1.82) is 0 Å². The molecule has 2 aromatic rings. The van der Waals surface area contributed by atoms with E-state index in [-0.39, 0.29) is 11.5 Å². The minimum Gasteiger partial charge on any atom is -0.497 e. The molecular formula is C20H20FNO4S. The van der Waals surface area contributed by atoms with Crippen molar-refractivity contribution in [3.8, 4) is 5.75 Å². The van der Waals surface area contributed by atoms with Gasteiger partial charge in [0.25, 0.3) is 5.91 Å². The van der Waals surface area contributed by atoms with Crippen LogP contribution in [-0.4, -0.2) is 37.4 Å². The third-order valence-electron chi connectivity index (χ3n) is 4.27. The van der Waals surface area contributed by atoms with E-state index in [1.54, 1.807) is 16.7 Å². The Kier molecular flexibility index (Phi) is 6.01. The van der Waals surface area contributed by atoms with Crippen LogP contribution < -0.4 is 9.64 Å². The van der Waals surface area contributed by atoms with Gasteiger partial charge in [0.1, 0.15) is 11.6 Å². The summed E-state index contributed by atoms with van der Waals surface area (Å²) >= 11 is 1.72. The first-order chi connectivity index (χ1) is 13.0. The average molecular weight is 389 g/mol. The molecule has 7 heteroatoms. The van der Waals surface area contributed by atoms with Gasteiger partial charge >= 0.3 is 5.97 Å². The quantitative estimate of drug-likeness (QED) is 0.742. The number of fused-ring (bicyclic) bond motifs is 1. The number of carbonyl (C=O) groups is 2. The Hall–Kier alpha value is -2.54. The number of thioether (sulfide) groups is 1. The molecule has 0 aliphatic carbocycles. The van der Waals surface area contributed by atoms with Crippen LogP contribution >= 0.6 is 11.8 Å². The predicted octanol–water partition coefficient (Wildman–Crippen LogP) is 3.91. The Morgan fingerprint density at radius 3 is 2.78 bits per heavy atom. The lowest BCUT2D eigenvalue weighted by Crippen LogP contribution is -2.35. The number of esters is 1. The van der Waals surface area contributed by atoms with Crippen molar-refractivity contribution in [3.05, 3.63) is 53.8 Å². The molecule has 0 aromatic heterocycles. The van der Waals surface area contributed by atoms with Crippen molar-refractivity contribution in [1.82, 2.24) is 0 Å². The maximum absolute atomic E-state index is 14.0. The molecule has 0 N–H and O–H groups in total. The van der Waals surface area contributed by atoms with Gasteiger partial charge in [-0.1, -0.05) is 19.1 Å². The average Bonchev–Trinajstić information content (AvgIpc) is 2.83. The van der Waals surface area contributed by atoms with Gasteiger partial charge < -0.3 is 14.4 Å². The number of para-hydroxylation sites is 1. The molecule has 3 rings (SSSR count). The van der Waals surface area contributed by atoms with E-state index < -0.39 is 18.4 Å². The first-order valence-corrected chi connectivity index (χ1v) is 9.44. The predicted molar refractivity (Wildman–Crippen MR) is 102 cm³/mol. The molecule has 2 aromatic carbocycles. The third-order valence-corrected chi connectivity index (χ3v) is 5.50. The lowest BCUT2D eigenvalue weighted by atomic mass is 10.2. The van der Waals surface area contributed by atoms with Gasteiger partial charge in [0.15, 0.2) is 6.61 Å². The minimum absolute atomic E-state index is 0.232. The zero-order chi connectivity index (χ0) is 19.4. The van der Waals surface area contributed by atoms with Crippen molar-refractivity contribution in [2.24, 2.45) is 0 Å². The number of carbonyl (C=O) groups excluding carboxylic acids is 2. The highest BCUT2D eigenvalue weighted by atomic mass is 32.2. The first kappa shape index (κ1) is 19.2. The van der Waals surface area contributed by atoms with Crippen LogP contribution in [0.4, 0.5) is 10.1 Å². The van der Waals surface area contributed by atoms with E-state index in [4.69, 9.17) is 9.47 Å². The van der Waals surface area contributed by atoms with Gasteiger partial charge in [0.2, 0.25) is 0 Å².